The van der Waals surface area contributed by atoms with Crippen LogP contribution in [0.5, 0.6) is 5.75 Å². The van der Waals surface area contributed by atoms with Gasteiger partial charge < -0.3 is 19.9 Å². The van der Waals surface area contributed by atoms with Crippen LogP contribution in [0.15, 0.2) is 48.7 Å². The number of aromatic amines is 1. The fourth-order valence-corrected chi connectivity index (χ4v) is 3.72. The molecule has 3 aromatic rings. The first-order valence-electron chi connectivity index (χ1n) is 9.52. The van der Waals surface area contributed by atoms with Crippen LogP contribution >= 0.6 is 0 Å². The third-order valence-electron chi connectivity index (χ3n) is 5.20. The van der Waals surface area contributed by atoms with Gasteiger partial charge in [-0.25, -0.2) is 0 Å². The number of rotatable bonds is 5. The number of nitrogens with zero attached hydrogens (tertiary/aromatic N) is 1. The first-order valence-corrected chi connectivity index (χ1v) is 9.52. The second kappa shape index (κ2) is 7.74. The SMILES string of the molecule is COc1ccc2[nH]cc(CC(=O)Nc3ccc(N4CCCCC4)cc3)c2c1. The lowest BCUT2D eigenvalue weighted by molar-refractivity contribution is -0.115. The van der Waals surface area contributed by atoms with E-state index in [0.717, 1.165) is 41.0 Å². The molecule has 1 aliphatic heterocycles. The first-order chi connectivity index (χ1) is 13.2. The molecule has 0 radical (unpaired) electrons. The number of carbonyl (C=O) groups is 1. The molecule has 2 aromatic carbocycles. The van der Waals surface area contributed by atoms with E-state index in [2.05, 4.69) is 27.3 Å². The average Bonchev–Trinajstić information content (AvgIpc) is 3.11. The Morgan fingerprint density at radius 2 is 1.89 bits per heavy atom. The minimum Gasteiger partial charge on any atom is -0.497 e. The van der Waals surface area contributed by atoms with Gasteiger partial charge in [0.05, 0.1) is 13.5 Å². The number of H-pyrrole nitrogens is 1. The van der Waals surface area contributed by atoms with Crippen molar-refractivity contribution in [2.75, 3.05) is 30.4 Å². The molecule has 1 aromatic heterocycles. The van der Waals surface area contributed by atoms with E-state index in [4.69, 9.17) is 4.74 Å². The van der Waals surface area contributed by atoms with Crippen molar-refractivity contribution in [1.29, 1.82) is 0 Å². The Labute approximate surface area is 159 Å². The van der Waals surface area contributed by atoms with Crippen LogP contribution in [0.25, 0.3) is 10.9 Å². The Balaban J connectivity index is 1.42. The summed E-state index contributed by atoms with van der Waals surface area (Å²) in [4.78, 5) is 18.1. The monoisotopic (exact) mass is 363 g/mol. The Hall–Kier alpha value is -2.95. The summed E-state index contributed by atoms with van der Waals surface area (Å²) in [6, 6.07) is 14.0. The highest BCUT2D eigenvalue weighted by molar-refractivity contribution is 5.96. The van der Waals surface area contributed by atoms with Crippen molar-refractivity contribution in [3.63, 3.8) is 0 Å². The summed E-state index contributed by atoms with van der Waals surface area (Å²) >= 11 is 0. The van der Waals surface area contributed by atoms with Gasteiger partial charge in [-0.15, -0.1) is 0 Å². The predicted molar refractivity (Wildman–Crippen MR) is 110 cm³/mol. The summed E-state index contributed by atoms with van der Waals surface area (Å²) in [7, 11) is 1.65. The van der Waals surface area contributed by atoms with Gasteiger partial charge in [-0.3, -0.25) is 4.79 Å². The number of hydrogen-bond acceptors (Lipinski definition) is 3. The number of nitrogens with one attached hydrogen (secondary N) is 2. The molecule has 0 aliphatic carbocycles. The third kappa shape index (κ3) is 3.92. The fourth-order valence-electron chi connectivity index (χ4n) is 3.72. The van der Waals surface area contributed by atoms with Gasteiger partial charge >= 0.3 is 0 Å². The summed E-state index contributed by atoms with van der Waals surface area (Å²) in [5.41, 5.74) is 4.03. The van der Waals surface area contributed by atoms with Crippen molar-refractivity contribution in [3.8, 4) is 5.75 Å². The highest BCUT2D eigenvalue weighted by Crippen LogP contribution is 2.25. The van der Waals surface area contributed by atoms with E-state index < -0.39 is 0 Å². The summed E-state index contributed by atoms with van der Waals surface area (Å²) in [6.07, 6.45) is 6.05. The molecule has 0 bridgehead atoms. The Morgan fingerprint density at radius 3 is 2.63 bits per heavy atom. The number of anilines is 2. The maximum Gasteiger partial charge on any atom is 0.228 e. The smallest absolute Gasteiger partial charge is 0.228 e. The van der Waals surface area contributed by atoms with Gasteiger partial charge in [0.1, 0.15) is 5.75 Å². The minimum atomic E-state index is -0.0237. The van der Waals surface area contributed by atoms with Gasteiger partial charge in [0.15, 0.2) is 0 Å². The number of hydrogen-bond donors (Lipinski definition) is 2. The van der Waals surface area contributed by atoms with Crippen LogP contribution in [-0.4, -0.2) is 31.1 Å². The third-order valence-corrected chi connectivity index (χ3v) is 5.20. The number of fused-ring (bicyclic) bond motifs is 1. The van der Waals surface area contributed by atoms with Gasteiger partial charge in [-0.1, -0.05) is 0 Å². The van der Waals surface area contributed by atoms with E-state index in [0.29, 0.717) is 6.42 Å². The van der Waals surface area contributed by atoms with Crippen molar-refractivity contribution in [3.05, 3.63) is 54.2 Å². The number of benzene rings is 2. The van der Waals surface area contributed by atoms with Gasteiger partial charge in [-0.2, -0.15) is 0 Å². The summed E-state index contributed by atoms with van der Waals surface area (Å²) in [6.45, 7) is 2.24. The van der Waals surface area contributed by atoms with E-state index in [1.165, 1.54) is 24.9 Å². The summed E-state index contributed by atoms with van der Waals surface area (Å²) in [5, 5.41) is 4.02. The fraction of sp³-hybridized carbons (Fsp3) is 0.318. The second-order valence-corrected chi connectivity index (χ2v) is 7.04. The molecule has 1 fully saturated rings. The quantitative estimate of drug-likeness (QED) is 0.709. The van der Waals surface area contributed by atoms with E-state index in [-0.39, 0.29) is 5.91 Å². The molecule has 0 unspecified atom stereocenters. The van der Waals surface area contributed by atoms with Crippen LogP contribution in [0.2, 0.25) is 0 Å². The predicted octanol–water partition coefficient (Wildman–Crippen LogP) is 4.35. The number of methoxy groups -OCH3 is 1. The minimum absolute atomic E-state index is 0.0237. The Morgan fingerprint density at radius 1 is 1.11 bits per heavy atom. The molecule has 140 valence electrons. The number of carbonyl (C=O) groups excluding carboxylic acids is 1. The van der Waals surface area contributed by atoms with Gasteiger partial charge in [-0.05, 0) is 67.3 Å². The lowest BCUT2D eigenvalue weighted by Crippen LogP contribution is -2.29. The number of ether oxygens (including phenoxy) is 1. The molecule has 1 amide bonds. The standard InChI is InChI=1S/C22H25N3O2/c1-27-19-9-10-21-20(14-19)16(15-23-21)13-22(26)24-17-5-7-18(8-6-17)25-11-3-2-4-12-25/h5-10,14-15,23H,2-4,11-13H2,1H3,(H,24,26). The lowest BCUT2D eigenvalue weighted by atomic mass is 10.1. The highest BCUT2D eigenvalue weighted by atomic mass is 16.5. The van der Waals surface area contributed by atoms with Crippen molar-refractivity contribution >= 4 is 28.2 Å². The topological polar surface area (TPSA) is 57.4 Å². The van der Waals surface area contributed by atoms with Crippen LogP contribution in [-0.2, 0) is 11.2 Å². The Kier molecular flexibility index (Phi) is 5.01. The van der Waals surface area contributed by atoms with Crippen molar-refractivity contribution in [1.82, 2.24) is 4.98 Å². The zero-order valence-corrected chi connectivity index (χ0v) is 15.6. The molecule has 27 heavy (non-hydrogen) atoms. The maximum absolute atomic E-state index is 12.5. The molecule has 2 heterocycles. The zero-order chi connectivity index (χ0) is 18.6. The van der Waals surface area contributed by atoms with E-state index in [9.17, 15) is 4.79 Å². The lowest BCUT2D eigenvalue weighted by Gasteiger charge is -2.28. The normalized spacial score (nSPS) is 14.3. The molecule has 5 nitrogen and oxygen atoms in total. The molecule has 4 rings (SSSR count). The number of amides is 1. The summed E-state index contributed by atoms with van der Waals surface area (Å²) in [5.74, 6) is 0.765. The maximum atomic E-state index is 12.5. The van der Waals surface area contributed by atoms with E-state index >= 15 is 0 Å². The van der Waals surface area contributed by atoms with Crippen molar-refractivity contribution in [2.45, 2.75) is 25.7 Å². The largest absolute Gasteiger partial charge is 0.497 e. The molecular formula is C22H25N3O2. The second-order valence-electron chi connectivity index (χ2n) is 7.04. The van der Waals surface area contributed by atoms with Gasteiger partial charge in [0, 0.05) is 41.6 Å². The van der Waals surface area contributed by atoms with Gasteiger partial charge in [0.2, 0.25) is 5.91 Å². The van der Waals surface area contributed by atoms with E-state index in [1.54, 1.807) is 7.11 Å². The number of piperidine rings is 1. The van der Waals surface area contributed by atoms with Gasteiger partial charge in [0.25, 0.3) is 0 Å². The van der Waals surface area contributed by atoms with Crippen LogP contribution in [0.3, 0.4) is 0 Å². The van der Waals surface area contributed by atoms with Crippen LogP contribution < -0.4 is 15.0 Å². The molecule has 1 aliphatic rings. The van der Waals surface area contributed by atoms with Crippen molar-refractivity contribution in [2.24, 2.45) is 0 Å². The average molecular weight is 363 g/mol. The van der Waals surface area contributed by atoms with Crippen molar-refractivity contribution < 1.29 is 9.53 Å². The highest BCUT2D eigenvalue weighted by Gasteiger charge is 2.12. The van der Waals surface area contributed by atoms with E-state index in [1.807, 2.05) is 36.5 Å². The molecule has 5 heteroatoms. The zero-order valence-electron chi connectivity index (χ0n) is 15.6. The number of aromatic nitrogens is 1. The molecule has 0 spiro atoms. The first kappa shape index (κ1) is 17.5. The Bertz CT molecular complexity index is 924. The molecule has 2 N–H and O–H groups in total. The molecular weight excluding hydrogens is 338 g/mol. The van der Waals surface area contributed by atoms with Crippen LogP contribution in [0.4, 0.5) is 11.4 Å². The molecule has 1 saturated heterocycles. The van der Waals surface area contributed by atoms with Crippen LogP contribution in [0, 0.1) is 0 Å². The molecule has 0 saturated carbocycles. The van der Waals surface area contributed by atoms with Crippen LogP contribution in [0.1, 0.15) is 24.8 Å². The summed E-state index contributed by atoms with van der Waals surface area (Å²) < 4.78 is 5.29. The molecule has 0 atom stereocenters.